The molecule has 1 atom stereocenters. The van der Waals surface area contributed by atoms with Crippen molar-refractivity contribution in [2.75, 3.05) is 11.4 Å². The molecular formula is C22H21ClF3N3O. The quantitative estimate of drug-likeness (QED) is 0.644. The standard InChI is InChI=1S/C22H21ClF3N3O/c1-14(2)28-13-18(10-21(28)30)29(17-8-7-15(11-27)20(23)9-17)12-16-5-3-4-6-19(16)22(24,25)26/h3-9,14,18H,10,12-13H2,1-2H3/t18-/m0/s1. The van der Waals surface area contributed by atoms with E-state index < -0.39 is 11.7 Å². The van der Waals surface area contributed by atoms with Gasteiger partial charge in [0.25, 0.3) is 0 Å². The third-order valence-corrected chi connectivity index (χ3v) is 5.58. The van der Waals surface area contributed by atoms with Crippen LogP contribution in [0.5, 0.6) is 0 Å². The Morgan fingerprint density at radius 1 is 1.27 bits per heavy atom. The van der Waals surface area contributed by atoms with Gasteiger partial charge in [0, 0.05) is 31.2 Å². The maximum Gasteiger partial charge on any atom is 0.416 e. The molecule has 0 unspecified atom stereocenters. The predicted octanol–water partition coefficient (Wildman–Crippen LogP) is 5.25. The summed E-state index contributed by atoms with van der Waals surface area (Å²) in [7, 11) is 0. The largest absolute Gasteiger partial charge is 0.416 e. The van der Waals surface area contributed by atoms with Crippen LogP contribution in [0.3, 0.4) is 0 Å². The summed E-state index contributed by atoms with van der Waals surface area (Å²) >= 11 is 6.19. The molecule has 0 spiro atoms. The van der Waals surface area contributed by atoms with Crippen LogP contribution in [-0.2, 0) is 17.5 Å². The molecule has 0 aliphatic carbocycles. The molecule has 1 aliphatic heterocycles. The minimum absolute atomic E-state index is 0.00337. The Kier molecular flexibility index (Phi) is 6.27. The molecule has 0 N–H and O–H groups in total. The van der Waals surface area contributed by atoms with E-state index in [0.29, 0.717) is 12.2 Å². The van der Waals surface area contributed by atoms with Crippen LogP contribution in [0, 0.1) is 11.3 Å². The van der Waals surface area contributed by atoms with Gasteiger partial charge in [-0.3, -0.25) is 4.79 Å². The molecule has 2 aromatic rings. The Balaban J connectivity index is 2.03. The van der Waals surface area contributed by atoms with Gasteiger partial charge in [-0.25, -0.2) is 0 Å². The second kappa shape index (κ2) is 8.57. The maximum absolute atomic E-state index is 13.5. The number of nitrogens with zero attached hydrogens (tertiary/aromatic N) is 3. The number of nitriles is 1. The van der Waals surface area contributed by atoms with E-state index in [0.717, 1.165) is 6.07 Å². The van der Waals surface area contributed by atoms with E-state index in [1.54, 1.807) is 28.0 Å². The van der Waals surface area contributed by atoms with E-state index >= 15 is 0 Å². The first kappa shape index (κ1) is 22.0. The number of amides is 1. The van der Waals surface area contributed by atoms with Crippen LogP contribution in [0.1, 0.15) is 37.0 Å². The normalized spacial score (nSPS) is 16.8. The van der Waals surface area contributed by atoms with E-state index in [9.17, 15) is 18.0 Å². The van der Waals surface area contributed by atoms with Gasteiger partial charge < -0.3 is 9.80 Å². The molecule has 1 aliphatic rings. The zero-order valence-electron chi connectivity index (χ0n) is 16.6. The van der Waals surface area contributed by atoms with Crippen LogP contribution in [0.25, 0.3) is 0 Å². The van der Waals surface area contributed by atoms with Crippen molar-refractivity contribution in [2.24, 2.45) is 0 Å². The Labute approximate surface area is 178 Å². The topological polar surface area (TPSA) is 47.3 Å². The van der Waals surface area contributed by atoms with E-state index in [1.807, 2.05) is 19.9 Å². The highest BCUT2D eigenvalue weighted by Gasteiger charge is 2.37. The number of hydrogen-bond donors (Lipinski definition) is 0. The molecule has 30 heavy (non-hydrogen) atoms. The van der Waals surface area contributed by atoms with Gasteiger partial charge in [0.1, 0.15) is 6.07 Å². The van der Waals surface area contributed by atoms with Gasteiger partial charge >= 0.3 is 6.18 Å². The second-order valence-corrected chi connectivity index (χ2v) is 7.96. The van der Waals surface area contributed by atoms with Gasteiger partial charge in [-0.15, -0.1) is 0 Å². The number of carbonyl (C=O) groups is 1. The first-order valence-corrected chi connectivity index (χ1v) is 9.90. The molecule has 3 rings (SSSR count). The molecule has 4 nitrogen and oxygen atoms in total. The number of hydrogen-bond acceptors (Lipinski definition) is 3. The predicted molar refractivity (Wildman–Crippen MR) is 109 cm³/mol. The Morgan fingerprint density at radius 3 is 2.53 bits per heavy atom. The monoisotopic (exact) mass is 435 g/mol. The van der Waals surface area contributed by atoms with Crippen LogP contribution in [0.2, 0.25) is 5.02 Å². The van der Waals surface area contributed by atoms with E-state index in [2.05, 4.69) is 0 Å². The molecule has 1 saturated heterocycles. The Bertz CT molecular complexity index is 984. The molecule has 1 fully saturated rings. The van der Waals surface area contributed by atoms with Crippen molar-refractivity contribution < 1.29 is 18.0 Å². The van der Waals surface area contributed by atoms with E-state index in [4.69, 9.17) is 16.9 Å². The zero-order chi connectivity index (χ0) is 22.1. The first-order chi connectivity index (χ1) is 14.1. The summed E-state index contributed by atoms with van der Waals surface area (Å²) in [6, 6.07) is 11.8. The fourth-order valence-electron chi connectivity index (χ4n) is 3.74. The minimum atomic E-state index is -4.49. The number of rotatable bonds is 5. The van der Waals surface area contributed by atoms with Crippen molar-refractivity contribution in [3.63, 3.8) is 0 Å². The van der Waals surface area contributed by atoms with E-state index in [-0.39, 0.29) is 47.1 Å². The van der Waals surface area contributed by atoms with Crippen LogP contribution in [0.15, 0.2) is 42.5 Å². The number of anilines is 1. The molecule has 158 valence electrons. The molecule has 2 aromatic carbocycles. The van der Waals surface area contributed by atoms with Gasteiger partial charge in [0.05, 0.1) is 22.2 Å². The molecular weight excluding hydrogens is 415 g/mol. The molecule has 1 amide bonds. The summed E-state index contributed by atoms with van der Waals surface area (Å²) in [4.78, 5) is 16.0. The van der Waals surface area contributed by atoms with E-state index in [1.165, 1.54) is 18.2 Å². The number of benzene rings is 2. The molecule has 0 bridgehead atoms. The third kappa shape index (κ3) is 4.54. The number of likely N-dealkylation sites (tertiary alicyclic amines) is 1. The average Bonchev–Trinajstić information content (AvgIpc) is 3.07. The summed E-state index contributed by atoms with van der Waals surface area (Å²) in [5, 5.41) is 9.34. The van der Waals surface area contributed by atoms with Crippen LogP contribution >= 0.6 is 11.6 Å². The summed E-state index contributed by atoms with van der Waals surface area (Å²) in [6.45, 7) is 4.18. The molecule has 0 aromatic heterocycles. The minimum Gasteiger partial charge on any atom is -0.362 e. The number of carbonyl (C=O) groups excluding carboxylic acids is 1. The average molecular weight is 436 g/mol. The van der Waals surface area contributed by atoms with Gasteiger partial charge in [-0.1, -0.05) is 29.8 Å². The lowest BCUT2D eigenvalue weighted by molar-refractivity contribution is -0.138. The second-order valence-electron chi connectivity index (χ2n) is 7.56. The summed E-state index contributed by atoms with van der Waals surface area (Å²) in [5.74, 6) is -0.0381. The third-order valence-electron chi connectivity index (χ3n) is 5.27. The Morgan fingerprint density at radius 2 is 1.97 bits per heavy atom. The number of halogens is 4. The lowest BCUT2D eigenvalue weighted by Crippen LogP contribution is -2.39. The highest BCUT2D eigenvalue weighted by atomic mass is 35.5. The van der Waals surface area contributed by atoms with Crippen molar-refractivity contribution in [1.82, 2.24) is 4.90 Å². The number of alkyl halides is 3. The fourth-order valence-corrected chi connectivity index (χ4v) is 3.96. The van der Waals surface area contributed by atoms with Crippen LogP contribution in [-0.4, -0.2) is 29.4 Å². The fraction of sp³-hybridized carbons (Fsp3) is 0.364. The van der Waals surface area contributed by atoms with Crippen molar-refractivity contribution >= 4 is 23.2 Å². The molecule has 0 saturated carbocycles. The summed E-state index contributed by atoms with van der Waals surface area (Å²) < 4.78 is 40.6. The van der Waals surface area contributed by atoms with Crippen LogP contribution < -0.4 is 4.90 Å². The smallest absolute Gasteiger partial charge is 0.362 e. The van der Waals surface area contributed by atoms with Gasteiger partial charge in [0.2, 0.25) is 5.91 Å². The highest BCUT2D eigenvalue weighted by Crippen LogP contribution is 2.35. The maximum atomic E-state index is 13.5. The van der Waals surface area contributed by atoms with Gasteiger partial charge in [0.15, 0.2) is 0 Å². The van der Waals surface area contributed by atoms with Gasteiger partial charge in [-0.05, 0) is 43.7 Å². The Hall–Kier alpha value is -2.72. The summed E-state index contributed by atoms with van der Waals surface area (Å²) in [6.07, 6.45) is -4.29. The molecule has 1 heterocycles. The zero-order valence-corrected chi connectivity index (χ0v) is 17.3. The van der Waals surface area contributed by atoms with Gasteiger partial charge in [-0.2, -0.15) is 18.4 Å². The van der Waals surface area contributed by atoms with Crippen LogP contribution in [0.4, 0.5) is 18.9 Å². The lowest BCUT2D eigenvalue weighted by Gasteiger charge is -2.32. The first-order valence-electron chi connectivity index (χ1n) is 9.52. The molecule has 0 radical (unpaired) electrons. The SMILES string of the molecule is CC(C)N1C[C@@H](N(Cc2ccccc2C(F)(F)F)c2ccc(C#N)c(Cl)c2)CC1=O. The van der Waals surface area contributed by atoms with Crippen molar-refractivity contribution in [3.05, 3.63) is 64.2 Å². The highest BCUT2D eigenvalue weighted by molar-refractivity contribution is 6.32. The lowest BCUT2D eigenvalue weighted by atomic mass is 10.0. The van der Waals surface area contributed by atoms with Crippen molar-refractivity contribution in [3.8, 4) is 6.07 Å². The molecule has 8 heteroatoms. The van der Waals surface area contributed by atoms with Crippen molar-refractivity contribution in [2.45, 2.75) is 45.1 Å². The van der Waals surface area contributed by atoms with Crippen molar-refractivity contribution in [1.29, 1.82) is 5.26 Å². The summed E-state index contributed by atoms with van der Waals surface area (Å²) in [5.41, 5.74) is 0.252.